The van der Waals surface area contributed by atoms with E-state index in [-0.39, 0.29) is 6.10 Å². The van der Waals surface area contributed by atoms with E-state index in [1.807, 2.05) is 25.3 Å². The van der Waals surface area contributed by atoms with Crippen molar-refractivity contribution in [1.82, 2.24) is 9.97 Å². The summed E-state index contributed by atoms with van der Waals surface area (Å²) in [5, 5.41) is 5.32. The van der Waals surface area contributed by atoms with Gasteiger partial charge in [-0.1, -0.05) is 0 Å². The summed E-state index contributed by atoms with van der Waals surface area (Å²) in [5.41, 5.74) is 0.992. The number of aromatic nitrogens is 2. The Labute approximate surface area is 98.7 Å². The fourth-order valence-electron chi connectivity index (χ4n) is 1.50. The molecule has 1 unspecified atom stereocenters. The van der Waals surface area contributed by atoms with Crippen LogP contribution in [0.25, 0.3) is 10.2 Å². The first-order valence-electron chi connectivity index (χ1n) is 5.35. The van der Waals surface area contributed by atoms with Gasteiger partial charge in [0.05, 0.1) is 16.3 Å². The topological polar surface area (TPSA) is 47.0 Å². The fraction of sp³-hybridized carbons (Fsp3) is 0.455. The quantitative estimate of drug-likeness (QED) is 0.868. The molecule has 2 aromatic heterocycles. The number of rotatable bonds is 5. The second-order valence-corrected chi connectivity index (χ2v) is 4.42. The lowest BCUT2D eigenvalue weighted by Crippen LogP contribution is -2.20. The van der Waals surface area contributed by atoms with Gasteiger partial charge in [0.25, 0.3) is 0 Å². The lowest BCUT2D eigenvalue weighted by molar-refractivity contribution is 0.0855. The van der Waals surface area contributed by atoms with Crippen molar-refractivity contribution in [3.05, 3.63) is 17.8 Å². The molecule has 5 heteroatoms. The van der Waals surface area contributed by atoms with Crippen LogP contribution in [0, 0.1) is 0 Å². The molecule has 86 valence electrons. The van der Waals surface area contributed by atoms with Gasteiger partial charge >= 0.3 is 0 Å². The van der Waals surface area contributed by atoms with Gasteiger partial charge in [-0.3, -0.25) is 0 Å². The molecule has 16 heavy (non-hydrogen) atoms. The Morgan fingerprint density at radius 3 is 3.19 bits per heavy atom. The van der Waals surface area contributed by atoms with Crippen LogP contribution in [-0.4, -0.2) is 29.2 Å². The first-order valence-corrected chi connectivity index (χ1v) is 6.23. The van der Waals surface area contributed by atoms with Crippen LogP contribution in [-0.2, 0) is 4.74 Å². The molecule has 0 aliphatic heterocycles. The van der Waals surface area contributed by atoms with Crippen molar-refractivity contribution in [1.29, 1.82) is 0 Å². The van der Waals surface area contributed by atoms with Gasteiger partial charge in [-0.05, 0) is 25.3 Å². The van der Waals surface area contributed by atoms with Gasteiger partial charge in [0, 0.05) is 13.2 Å². The number of anilines is 1. The molecular formula is C11H15N3OS. The lowest BCUT2D eigenvalue weighted by atomic mass is 10.4. The first kappa shape index (κ1) is 11.3. The third-order valence-electron chi connectivity index (χ3n) is 2.25. The highest BCUT2D eigenvalue weighted by Crippen LogP contribution is 2.24. The van der Waals surface area contributed by atoms with E-state index < -0.39 is 0 Å². The zero-order valence-corrected chi connectivity index (χ0v) is 10.3. The Morgan fingerprint density at radius 1 is 1.50 bits per heavy atom. The van der Waals surface area contributed by atoms with Gasteiger partial charge in [0.1, 0.15) is 12.1 Å². The fourth-order valence-corrected chi connectivity index (χ4v) is 2.31. The third kappa shape index (κ3) is 2.48. The van der Waals surface area contributed by atoms with E-state index >= 15 is 0 Å². The molecule has 0 amide bonds. The predicted octanol–water partition coefficient (Wildman–Crippen LogP) is 2.53. The molecule has 0 saturated heterocycles. The van der Waals surface area contributed by atoms with Crippen molar-refractivity contribution in [2.75, 3.05) is 18.5 Å². The van der Waals surface area contributed by atoms with E-state index in [4.69, 9.17) is 4.74 Å². The molecule has 0 spiro atoms. The van der Waals surface area contributed by atoms with Crippen LogP contribution in [0.3, 0.4) is 0 Å². The predicted molar refractivity (Wildman–Crippen MR) is 67.0 cm³/mol. The molecule has 1 atom stereocenters. The minimum absolute atomic E-state index is 0.190. The van der Waals surface area contributed by atoms with Crippen LogP contribution in [0.2, 0.25) is 0 Å². The number of nitrogens with one attached hydrogen (secondary N) is 1. The Kier molecular flexibility index (Phi) is 3.69. The van der Waals surface area contributed by atoms with Gasteiger partial charge in [-0.2, -0.15) is 0 Å². The molecule has 0 radical (unpaired) electrons. The van der Waals surface area contributed by atoms with E-state index in [9.17, 15) is 0 Å². The van der Waals surface area contributed by atoms with Crippen LogP contribution in [0.4, 0.5) is 5.82 Å². The average molecular weight is 237 g/mol. The van der Waals surface area contributed by atoms with Crippen molar-refractivity contribution in [3.8, 4) is 0 Å². The van der Waals surface area contributed by atoms with E-state index in [0.717, 1.165) is 29.2 Å². The number of ether oxygens (including phenoxy) is 1. The largest absolute Gasteiger partial charge is 0.377 e. The number of hydrogen-bond donors (Lipinski definition) is 1. The summed E-state index contributed by atoms with van der Waals surface area (Å²) in [4.78, 5) is 8.44. The SMILES string of the molecule is CCOC(C)CNc1ncnc2ccsc12. The van der Waals surface area contributed by atoms with Gasteiger partial charge in [0.2, 0.25) is 0 Å². The molecule has 0 aliphatic rings. The Hall–Kier alpha value is -1.20. The number of fused-ring (bicyclic) bond motifs is 1. The number of thiophene rings is 1. The molecule has 0 bridgehead atoms. The minimum atomic E-state index is 0.190. The summed E-state index contributed by atoms with van der Waals surface area (Å²) in [5.74, 6) is 0.895. The monoisotopic (exact) mass is 237 g/mol. The molecule has 0 aliphatic carbocycles. The normalized spacial score (nSPS) is 12.9. The van der Waals surface area contributed by atoms with Crippen molar-refractivity contribution < 1.29 is 4.74 Å². The number of hydrogen-bond acceptors (Lipinski definition) is 5. The lowest BCUT2D eigenvalue weighted by Gasteiger charge is -2.12. The van der Waals surface area contributed by atoms with Crippen LogP contribution >= 0.6 is 11.3 Å². The molecule has 2 heterocycles. The second kappa shape index (κ2) is 5.23. The Morgan fingerprint density at radius 2 is 2.38 bits per heavy atom. The van der Waals surface area contributed by atoms with Crippen molar-refractivity contribution in [2.45, 2.75) is 20.0 Å². The highest BCUT2D eigenvalue weighted by atomic mass is 32.1. The molecule has 0 saturated carbocycles. The smallest absolute Gasteiger partial charge is 0.147 e. The van der Waals surface area contributed by atoms with E-state index in [1.54, 1.807) is 17.7 Å². The minimum Gasteiger partial charge on any atom is -0.377 e. The second-order valence-electron chi connectivity index (χ2n) is 3.50. The van der Waals surface area contributed by atoms with Gasteiger partial charge in [0.15, 0.2) is 0 Å². The molecule has 4 nitrogen and oxygen atoms in total. The van der Waals surface area contributed by atoms with Gasteiger partial charge in [-0.15, -0.1) is 11.3 Å². The van der Waals surface area contributed by atoms with E-state index in [0.29, 0.717) is 0 Å². The van der Waals surface area contributed by atoms with E-state index in [1.165, 1.54) is 0 Å². The summed E-state index contributed by atoms with van der Waals surface area (Å²) >= 11 is 1.65. The molecule has 2 aromatic rings. The highest BCUT2D eigenvalue weighted by molar-refractivity contribution is 7.17. The molecular weight excluding hydrogens is 222 g/mol. The zero-order valence-electron chi connectivity index (χ0n) is 9.43. The van der Waals surface area contributed by atoms with Gasteiger partial charge < -0.3 is 10.1 Å². The van der Waals surface area contributed by atoms with Crippen molar-refractivity contribution in [3.63, 3.8) is 0 Å². The maximum absolute atomic E-state index is 5.45. The maximum Gasteiger partial charge on any atom is 0.147 e. The Bertz CT molecular complexity index is 457. The highest BCUT2D eigenvalue weighted by Gasteiger charge is 2.06. The summed E-state index contributed by atoms with van der Waals surface area (Å²) < 4.78 is 6.56. The average Bonchev–Trinajstić information content (AvgIpc) is 2.75. The molecule has 0 aromatic carbocycles. The Balaban J connectivity index is 2.06. The van der Waals surface area contributed by atoms with Crippen LogP contribution < -0.4 is 5.32 Å². The third-order valence-corrected chi connectivity index (χ3v) is 3.16. The van der Waals surface area contributed by atoms with Gasteiger partial charge in [-0.25, -0.2) is 9.97 Å². The maximum atomic E-state index is 5.45. The molecule has 1 N–H and O–H groups in total. The van der Waals surface area contributed by atoms with Crippen LogP contribution in [0.15, 0.2) is 17.8 Å². The standard InChI is InChI=1S/C11H15N3OS/c1-3-15-8(2)6-12-11-10-9(4-5-16-10)13-7-14-11/h4-5,7-8H,3,6H2,1-2H3,(H,12,13,14). The summed E-state index contributed by atoms with van der Waals surface area (Å²) in [6.07, 6.45) is 1.78. The van der Waals surface area contributed by atoms with E-state index in [2.05, 4.69) is 15.3 Å². The summed E-state index contributed by atoms with van der Waals surface area (Å²) in [6.45, 7) is 5.54. The first-order chi connectivity index (χ1) is 7.81. The van der Waals surface area contributed by atoms with Crippen molar-refractivity contribution >= 4 is 27.4 Å². The molecule has 0 fully saturated rings. The van der Waals surface area contributed by atoms with Crippen LogP contribution in [0.5, 0.6) is 0 Å². The summed E-state index contributed by atoms with van der Waals surface area (Å²) in [6, 6.07) is 2.00. The number of nitrogens with zero attached hydrogens (tertiary/aromatic N) is 2. The zero-order chi connectivity index (χ0) is 11.4. The van der Waals surface area contributed by atoms with Crippen LogP contribution in [0.1, 0.15) is 13.8 Å². The summed E-state index contributed by atoms with van der Waals surface area (Å²) in [7, 11) is 0. The molecule has 2 rings (SSSR count). The van der Waals surface area contributed by atoms with Crippen molar-refractivity contribution in [2.24, 2.45) is 0 Å².